The maximum Gasteiger partial charge on any atom is 0.250 e. The molecule has 12 atom stereocenters. The third-order valence-electron chi connectivity index (χ3n) is 8.00. The lowest BCUT2D eigenvalue weighted by Crippen LogP contribution is -2.69. The van der Waals surface area contributed by atoms with E-state index in [0.29, 0.717) is 25.3 Å². The molecule has 0 bridgehead atoms. The lowest BCUT2D eigenvalue weighted by molar-refractivity contribution is -0.297. The fraction of sp³-hybridized carbons (Fsp3) is 0.880. The molecule has 2 aliphatic heterocycles. The quantitative estimate of drug-likeness (QED) is 0.0972. The van der Waals surface area contributed by atoms with Crippen molar-refractivity contribution in [2.45, 2.75) is 92.8 Å². The van der Waals surface area contributed by atoms with Gasteiger partial charge in [-0.1, -0.05) is 0 Å². The van der Waals surface area contributed by atoms with Crippen LogP contribution in [-0.4, -0.2) is 133 Å². The first-order chi connectivity index (χ1) is 18.9. The van der Waals surface area contributed by atoms with Crippen LogP contribution in [0.25, 0.3) is 0 Å². The minimum Gasteiger partial charge on any atom is -0.492 e. The Morgan fingerprint density at radius 1 is 1.25 bits per heavy atom. The molecule has 0 aromatic carbocycles. The normalized spacial score (nSPS) is 41.1. The number of hydrogen-bond acceptors (Lipinski definition) is 14. The van der Waals surface area contributed by atoms with Crippen molar-refractivity contribution in [1.82, 2.24) is 16.0 Å². The standard InChI is InChI=1S/C25H49N7O8/c1-25(37)11-38-24(19(35)22(25)30-2)40-21-15(32-23(36)16(33)9-27)8-14(29)17(18(21)34)20-13(28)5-4-12(39-20)10-31-7-3-6-26/h4,13-22,24,30-31,33-35,37H,3,5-11,26-29H2,1-2H3,(H,32,36)/t13-,14+,15-,16+,17?,18+,19-,20+,21+,22-,24-,25+/m1/s1. The molecule has 1 saturated heterocycles. The molecule has 2 heterocycles. The van der Waals surface area contributed by atoms with Gasteiger partial charge in [0.1, 0.15) is 35.8 Å². The smallest absolute Gasteiger partial charge is 0.250 e. The zero-order chi connectivity index (χ0) is 29.6. The molecule has 0 aromatic heterocycles. The second kappa shape index (κ2) is 14.6. The van der Waals surface area contributed by atoms with Gasteiger partial charge in [-0.25, -0.2) is 0 Å². The highest BCUT2D eigenvalue weighted by atomic mass is 16.7. The summed E-state index contributed by atoms with van der Waals surface area (Å²) in [6, 6.07) is -2.80. The summed E-state index contributed by atoms with van der Waals surface area (Å²) < 4.78 is 18.0. The van der Waals surface area contributed by atoms with Gasteiger partial charge in [0.15, 0.2) is 6.29 Å². The molecule has 1 aliphatic carbocycles. The number of carbonyl (C=O) groups is 1. The van der Waals surface area contributed by atoms with Crippen LogP contribution in [0.3, 0.4) is 0 Å². The third kappa shape index (κ3) is 7.67. The monoisotopic (exact) mass is 575 g/mol. The van der Waals surface area contributed by atoms with Crippen molar-refractivity contribution in [3.63, 3.8) is 0 Å². The molecule has 3 rings (SSSR count). The fourth-order valence-corrected chi connectivity index (χ4v) is 5.78. The Morgan fingerprint density at radius 3 is 2.62 bits per heavy atom. The zero-order valence-corrected chi connectivity index (χ0v) is 23.3. The van der Waals surface area contributed by atoms with Gasteiger partial charge in [0, 0.05) is 24.5 Å². The molecular weight excluding hydrogens is 526 g/mol. The van der Waals surface area contributed by atoms with Gasteiger partial charge in [0.25, 0.3) is 0 Å². The molecule has 1 saturated carbocycles. The van der Waals surface area contributed by atoms with Crippen LogP contribution in [0.15, 0.2) is 11.8 Å². The number of nitrogens with two attached hydrogens (primary N) is 4. The molecule has 232 valence electrons. The number of likely N-dealkylation sites (N-methyl/N-ethyl adjacent to an activating group) is 1. The first kappa shape index (κ1) is 33.0. The number of hydrogen-bond donors (Lipinski definition) is 11. The summed E-state index contributed by atoms with van der Waals surface area (Å²) in [4.78, 5) is 12.6. The number of ether oxygens (including phenoxy) is 3. The maximum absolute atomic E-state index is 12.6. The Labute approximate surface area is 234 Å². The van der Waals surface area contributed by atoms with E-state index in [1.54, 1.807) is 7.05 Å². The number of aliphatic hydroxyl groups excluding tert-OH is 3. The van der Waals surface area contributed by atoms with E-state index in [0.717, 1.165) is 13.0 Å². The summed E-state index contributed by atoms with van der Waals surface area (Å²) in [6.07, 6.45) is -3.79. The van der Waals surface area contributed by atoms with Crippen LogP contribution < -0.4 is 38.9 Å². The largest absolute Gasteiger partial charge is 0.492 e. The van der Waals surface area contributed by atoms with Crippen LogP contribution in [0.1, 0.15) is 26.2 Å². The van der Waals surface area contributed by atoms with Crippen molar-refractivity contribution >= 4 is 5.91 Å². The average Bonchev–Trinajstić information content (AvgIpc) is 2.91. The van der Waals surface area contributed by atoms with E-state index in [9.17, 15) is 25.2 Å². The van der Waals surface area contributed by atoms with Crippen molar-refractivity contribution in [2.75, 3.05) is 39.8 Å². The Hall–Kier alpha value is -1.47. The van der Waals surface area contributed by atoms with Crippen LogP contribution in [0.4, 0.5) is 0 Å². The molecule has 0 spiro atoms. The lowest BCUT2D eigenvalue weighted by Gasteiger charge is -2.50. The first-order valence-electron chi connectivity index (χ1n) is 13.9. The predicted molar refractivity (Wildman–Crippen MR) is 145 cm³/mol. The van der Waals surface area contributed by atoms with Gasteiger partial charge in [0.2, 0.25) is 5.91 Å². The van der Waals surface area contributed by atoms with E-state index in [-0.39, 0.29) is 19.6 Å². The molecule has 0 aromatic rings. The summed E-state index contributed by atoms with van der Waals surface area (Å²) in [5.74, 6) is -0.782. The molecule has 1 unspecified atom stereocenters. The summed E-state index contributed by atoms with van der Waals surface area (Å²) in [6.45, 7) is 2.81. The van der Waals surface area contributed by atoms with Crippen molar-refractivity contribution in [2.24, 2.45) is 28.9 Å². The predicted octanol–water partition coefficient (Wildman–Crippen LogP) is -5.12. The van der Waals surface area contributed by atoms with Crippen molar-refractivity contribution in [3.8, 4) is 0 Å². The van der Waals surface area contributed by atoms with Crippen LogP contribution in [0.5, 0.6) is 0 Å². The Balaban J connectivity index is 1.83. The van der Waals surface area contributed by atoms with Gasteiger partial charge < -0.3 is 73.5 Å². The summed E-state index contributed by atoms with van der Waals surface area (Å²) in [7, 11) is 1.59. The number of aliphatic hydroxyl groups is 4. The molecule has 3 aliphatic rings. The summed E-state index contributed by atoms with van der Waals surface area (Å²) in [5, 5.41) is 52.0. The van der Waals surface area contributed by atoms with E-state index in [1.807, 2.05) is 6.08 Å². The minimum absolute atomic E-state index is 0.145. The topological polar surface area (TPSA) is 266 Å². The van der Waals surface area contributed by atoms with Gasteiger partial charge in [-0.2, -0.15) is 0 Å². The molecule has 40 heavy (non-hydrogen) atoms. The van der Waals surface area contributed by atoms with Crippen molar-refractivity contribution < 1.29 is 39.4 Å². The summed E-state index contributed by atoms with van der Waals surface area (Å²) >= 11 is 0. The molecule has 15 heteroatoms. The highest BCUT2D eigenvalue weighted by Gasteiger charge is 2.53. The molecule has 1 amide bonds. The van der Waals surface area contributed by atoms with E-state index in [1.165, 1.54) is 6.92 Å². The minimum atomic E-state index is -1.47. The molecule has 0 radical (unpaired) electrons. The molecule has 15 N–H and O–H groups in total. The van der Waals surface area contributed by atoms with Gasteiger partial charge in [-0.15, -0.1) is 0 Å². The number of rotatable bonds is 12. The fourth-order valence-electron chi connectivity index (χ4n) is 5.78. The van der Waals surface area contributed by atoms with Crippen molar-refractivity contribution in [1.29, 1.82) is 0 Å². The van der Waals surface area contributed by atoms with E-state index in [4.69, 9.17) is 37.1 Å². The number of amides is 1. The number of nitrogens with one attached hydrogen (secondary N) is 3. The molecule has 2 fully saturated rings. The maximum atomic E-state index is 12.6. The highest BCUT2D eigenvalue weighted by Crippen LogP contribution is 2.36. The van der Waals surface area contributed by atoms with Crippen LogP contribution in [0, 0.1) is 5.92 Å². The third-order valence-corrected chi connectivity index (χ3v) is 8.00. The number of carbonyl (C=O) groups excluding carboxylic acids is 1. The SMILES string of the molecule is CN[C@@H]1[C@@H](O)[C@@H](O[C@H]2[C@H](NC(=O)[C@@H](O)CN)C[C@H](N)C([C@H]3OC(CNCCCN)=CC[C@H]3N)[C@@H]2O)OC[C@]1(C)O. The lowest BCUT2D eigenvalue weighted by atomic mass is 9.72. The molecular formula is C25H49N7O8. The van der Waals surface area contributed by atoms with Gasteiger partial charge in [-0.05, 0) is 52.4 Å². The highest BCUT2D eigenvalue weighted by molar-refractivity contribution is 5.81. The Kier molecular flexibility index (Phi) is 12.1. The van der Waals surface area contributed by atoms with Crippen LogP contribution >= 0.6 is 0 Å². The molecule has 15 nitrogen and oxygen atoms in total. The van der Waals surface area contributed by atoms with E-state index >= 15 is 0 Å². The van der Waals surface area contributed by atoms with Crippen LogP contribution in [0.2, 0.25) is 0 Å². The van der Waals surface area contributed by atoms with Gasteiger partial charge >= 0.3 is 0 Å². The van der Waals surface area contributed by atoms with Crippen molar-refractivity contribution in [3.05, 3.63) is 11.8 Å². The average molecular weight is 576 g/mol. The van der Waals surface area contributed by atoms with Gasteiger partial charge in [0.05, 0.1) is 31.3 Å². The second-order valence-electron chi connectivity index (χ2n) is 11.2. The second-order valence-corrected chi connectivity index (χ2v) is 11.2. The van der Waals surface area contributed by atoms with Crippen LogP contribution in [-0.2, 0) is 19.0 Å². The zero-order valence-electron chi connectivity index (χ0n) is 23.3. The Bertz CT molecular complexity index is 852. The van der Waals surface area contributed by atoms with Gasteiger partial charge in [-0.3, -0.25) is 4.79 Å². The Morgan fingerprint density at radius 2 is 1.98 bits per heavy atom. The summed E-state index contributed by atoms with van der Waals surface area (Å²) in [5.41, 5.74) is 22.6. The van der Waals surface area contributed by atoms with E-state index < -0.39 is 78.4 Å². The van der Waals surface area contributed by atoms with E-state index in [2.05, 4.69) is 16.0 Å². The first-order valence-corrected chi connectivity index (χ1v) is 13.9.